The molecule has 0 bridgehead atoms. The van der Waals surface area contributed by atoms with Crippen LogP contribution in [0.2, 0.25) is 0 Å². The average molecular weight is 270 g/mol. The molecule has 0 radical (unpaired) electrons. The minimum absolute atomic E-state index is 0.0679. The molecule has 0 aromatic carbocycles. The summed E-state index contributed by atoms with van der Waals surface area (Å²) in [6, 6.07) is 0. The lowest BCUT2D eigenvalue weighted by molar-refractivity contribution is -0.134. The number of anilines is 1. The van der Waals surface area contributed by atoms with Crippen LogP contribution in [0, 0.1) is 0 Å². The molecule has 0 spiro atoms. The van der Waals surface area contributed by atoms with Gasteiger partial charge in [0, 0.05) is 19.0 Å². The Hall–Kier alpha value is -1.63. The number of amides is 2. The second kappa shape index (κ2) is 6.95. The largest absolute Gasteiger partial charge is 0.375 e. The summed E-state index contributed by atoms with van der Waals surface area (Å²) in [5.41, 5.74) is 6.13. The number of thiazole rings is 1. The Kier molecular flexibility index (Phi) is 5.57. The van der Waals surface area contributed by atoms with Gasteiger partial charge in [-0.1, -0.05) is 6.92 Å². The predicted octanol–water partition coefficient (Wildman–Crippen LogP) is 0.252. The molecule has 0 aliphatic rings. The summed E-state index contributed by atoms with van der Waals surface area (Å²) >= 11 is 1.30. The van der Waals surface area contributed by atoms with Crippen molar-refractivity contribution in [1.29, 1.82) is 0 Å². The van der Waals surface area contributed by atoms with Crippen molar-refractivity contribution in [3.63, 3.8) is 0 Å². The monoisotopic (exact) mass is 270 g/mol. The standard InChI is InChI=1S/C11H18N4O2S/c1-3-4-13-9(16)6-15(2)10(17)5-8-7-18-11(12)14-8/h7H,3-6H2,1-2H3,(H2,12,14)(H,13,16). The summed E-state index contributed by atoms with van der Waals surface area (Å²) in [4.78, 5) is 28.6. The van der Waals surface area contributed by atoms with E-state index in [0.29, 0.717) is 17.4 Å². The molecule has 0 atom stereocenters. The van der Waals surface area contributed by atoms with E-state index in [-0.39, 0.29) is 24.8 Å². The topological polar surface area (TPSA) is 88.3 Å². The van der Waals surface area contributed by atoms with Crippen LogP contribution >= 0.6 is 11.3 Å². The number of nitrogens with two attached hydrogens (primary N) is 1. The lowest BCUT2D eigenvalue weighted by atomic mass is 10.3. The maximum Gasteiger partial charge on any atom is 0.239 e. The lowest BCUT2D eigenvalue weighted by Crippen LogP contribution is -2.39. The number of rotatable bonds is 6. The van der Waals surface area contributed by atoms with E-state index in [0.717, 1.165) is 6.42 Å². The maximum absolute atomic E-state index is 11.8. The molecule has 0 fully saturated rings. The Morgan fingerprint density at radius 2 is 2.28 bits per heavy atom. The summed E-state index contributed by atoms with van der Waals surface area (Å²) in [7, 11) is 1.60. The molecule has 1 heterocycles. The Bertz CT molecular complexity index is 419. The Balaban J connectivity index is 2.39. The maximum atomic E-state index is 11.8. The third kappa shape index (κ3) is 4.70. The normalized spacial score (nSPS) is 10.1. The van der Waals surface area contributed by atoms with Gasteiger partial charge in [-0.15, -0.1) is 11.3 Å². The van der Waals surface area contributed by atoms with Crippen molar-refractivity contribution in [2.45, 2.75) is 19.8 Å². The molecule has 0 saturated heterocycles. The van der Waals surface area contributed by atoms with Gasteiger partial charge in [0.05, 0.1) is 18.7 Å². The van der Waals surface area contributed by atoms with E-state index >= 15 is 0 Å². The predicted molar refractivity (Wildman–Crippen MR) is 71.2 cm³/mol. The zero-order chi connectivity index (χ0) is 13.5. The van der Waals surface area contributed by atoms with Gasteiger partial charge in [0.2, 0.25) is 11.8 Å². The summed E-state index contributed by atoms with van der Waals surface area (Å²) in [6.07, 6.45) is 1.05. The van der Waals surface area contributed by atoms with E-state index < -0.39 is 0 Å². The number of carbonyl (C=O) groups excluding carboxylic acids is 2. The minimum Gasteiger partial charge on any atom is -0.375 e. The third-order valence-corrected chi connectivity index (χ3v) is 3.00. The van der Waals surface area contributed by atoms with Crippen LogP contribution in [0.1, 0.15) is 19.0 Å². The molecular formula is C11H18N4O2S. The van der Waals surface area contributed by atoms with E-state index in [1.54, 1.807) is 12.4 Å². The number of hydrogen-bond acceptors (Lipinski definition) is 5. The number of hydrogen-bond donors (Lipinski definition) is 2. The molecular weight excluding hydrogens is 252 g/mol. The van der Waals surface area contributed by atoms with Gasteiger partial charge in [-0.05, 0) is 6.42 Å². The highest BCUT2D eigenvalue weighted by molar-refractivity contribution is 7.13. The molecule has 1 aromatic rings. The van der Waals surface area contributed by atoms with Crippen LogP contribution in [-0.2, 0) is 16.0 Å². The highest BCUT2D eigenvalue weighted by atomic mass is 32.1. The molecule has 6 nitrogen and oxygen atoms in total. The number of carbonyl (C=O) groups is 2. The molecule has 1 aromatic heterocycles. The van der Waals surface area contributed by atoms with Crippen molar-refractivity contribution in [2.24, 2.45) is 0 Å². The minimum atomic E-state index is -0.148. The van der Waals surface area contributed by atoms with Crippen LogP contribution in [0.4, 0.5) is 5.13 Å². The van der Waals surface area contributed by atoms with Crippen molar-refractivity contribution in [2.75, 3.05) is 25.9 Å². The van der Waals surface area contributed by atoms with Crippen molar-refractivity contribution < 1.29 is 9.59 Å². The fraction of sp³-hybridized carbons (Fsp3) is 0.545. The first-order valence-corrected chi connectivity index (χ1v) is 6.61. The highest BCUT2D eigenvalue weighted by Gasteiger charge is 2.14. The Morgan fingerprint density at radius 3 is 2.83 bits per heavy atom. The summed E-state index contributed by atoms with van der Waals surface area (Å²) < 4.78 is 0. The first kappa shape index (κ1) is 14.4. The van der Waals surface area contributed by atoms with Gasteiger partial charge in [-0.3, -0.25) is 9.59 Å². The Morgan fingerprint density at radius 1 is 1.56 bits per heavy atom. The molecule has 100 valence electrons. The number of nitrogens with one attached hydrogen (secondary N) is 1. The van der Waals surface area contributed by atoms with Crippen LogP contribution in [0.3, 0.4) is 0 Å². The van der Waals surface area contributed by atoms with E-state index in [2.05, 4.69) is 10.3 Å². The number of nitrogen functional groups attached to an aromatic ring is 1. The van der Waals surface area contributed by atoms with E-state index in [4.69, 9.17) is 5.73 Å². The van der Waals surface area contributed by atoms with E-state index in [1.807, 2.05) is 6.92 Å². The summed E-state index contributed by atoms with van der Waals surface area (Å²) in [5, 5.41) is 4.91. The smallest absolute Gasteiger partial charge is 0.239 e. The molecule has 18 heavy (non-hydrogen) atoms. The van der Waals surface area contributed by atoms with Gasteiger partial charge in [0.1, 0.15) is 0 Å². The number of aromatic nitrogens is 1. The van der Waals surface area contributed by atoms with Crippen molar-refractivity contribution in [3.8, 4) is 0 Å². The van der Waals surface area contributed by atoms with Gasteiger partial charge in [-0.2, -0.15) is 0 Å². The van der Waals surface area contributed by atoms with Gasteiger partial charge >= 0.3 is 0 Å². The number of likely N-dealkylation sites (N-methyl/N-ethyl adjacent to an activating group) is 1. The molecule has 7 heteroatoms. The molecule has 1 rings (SSSR count). The SMILES string of the molecule is CCCNC(=O)CN(C)C(=O)Cc1csc(N)n1. The quantitative estimate of drug-likeness (QED) is 0.775. The first-order chi connectivity index (χ1) is 8.52. The molecule has 0 saturated carbocycles. The summed E-state index contributed by atoms with van der Waals surface area (Å²) in [5.74, 6) is -0.294. The fourth-order valence-corrected chi connectivity index (χ4v) is 1.88. The highest BCUT2D eigenvalue weighted by Crippen LogP contribution is 2.11. The lowest BCUT2D eigenvalue weighted by Gasteiger charge is -2.16. The zero-order valence-corrected chi connectivity index (χ0v) is 11.4. The summed E-state index contributed by atoms with van der Waals surface area (Å²) in [6.45, 7) is 2.67. The van der Waals surface area contributed by atoms with E-state index in [1.165, 1.54) is 16.2 Å². The molecule has 0 aliphatic carbocycles. The van der Waals surface area contributed by atoms with E-state index in [9.17, 15) is 9.59 Å². The average Bonchev–Trinajstić information content (AvgIpc) is 2.72. The molecule has 0 unspecified atom stereocenters. The van der Waals surface area contributed by atoms with Crippen LogP contribution < -0.4 is 11.1 Å². The number of nitrogens with zero attached hydrogens (tertiary/aromatic N) is 2. The second-order valence-corrected chi connectivity index (χ2v) is 4.84. The van der Waals surface area contributed by atoms with Crippen LogP contribution in [0.15, 0.2) is 5.38 Å². The fourth-order valence-electron chi connectivity index (χ4n) is 1.32. The van der Waals surface area contributed by atoms with Crippen molar-refractivity contribution in [3.05, 3.63) is 11.1 Å². The van der Waals surface area contributed by atoms with Gasteiger partial charge in [0.15, 0.2) is 5.13 Å². The Labute approximate surface area is 110 Å². The molecule has 0 aliphatic heterocycles. The first-order valence-electron chi connectivity index (χ1n) is 5.73. The van der Waals surface area contributed by atoms with Gasteiger partial charge in [-0.25, -0.2) is 4.98 Å². The van der Waals surface area contributed by atoms with Crippen molar-refractivity contribution in [1.82, 2.24) is 15.2 Å². The van der Waals surface area contributed by atoms with Gasteiger partial charge in [0.25, 0.3) is 0 Å². The van der Waals surface area contributed by atoms with Crippen LogP contribution in [-0.4, -0.2) is 41.8 Å². The molecule has 2 amide bonds. The zero-order valence-electron chi connectivity index (χ0n) is 10.6. The van der Waals surface area contributed by atoms with Crippen LogP contribution in [0.5, 0.6) is 0 Å². The third-order valence-electron chi connectivity index (χ3n) is 2.28. The second-order valence-electron chi connectivity index (χ2n) is 3.95. The molecule has 3 N–H and O–H groups in total. The van der Waals surface area contributed by atoms with Crippen molar-refractivity contribution >= 4 is 28.3 Å². The van der Waals surface area contributed by atoms with Gasteiger partial charge < -0.3 is 16.0 Å². The van der Waals surface area contributed by atoms with Crippen LogP contribution in [0.25, 0.3) is 0 Å².